The molecule has 0 bridgehead atoms. The van der Waals surface area contributed by atoms with Gasteiger partial charge in [0, 0.05) is 4.88 Å². The fourth-order valence-corrected chi connectivity index (χ4v) is 4.41. The molecule has 0 radical (unpaired) electrons. The number of halogens is 1. The van der Waals surface area contributed by atoms with Crippen LogP contribution in [0.1, 0.15) is 38.0 Å². The van der Waals surface area contributed by atoms with Crippen LogP contribution in [-0.4, -0.2) is 11.2 Å². The lowest BCUT2D eigenvalue weighted by molar-refractivity contribution is 0.0382. The Hall–Kier alpha value is 0.140. The lowest BCUT2D eigenvalue weighted by atomic mass is 9.73. The highest BCUT2D eigenvalue weighted by molar-refractivity contribution is 9.11. The molecule has 17 heavy (non-hydrogen) atoms. The molecule has 0 aromatic carbocycles. The minimum atomic E-state index is -0.0918. The molecule has 0 saturated heterocycles. The van der Waals surface area contributed by atoms with E-state index in [4.69, 9.17) is 0 Å². The van der Waals surface area contributed by atoms with Gasteiger partial charge in [0.1, 0.15) is 0 Å². The van der Waals surface area contributed by atoms with Gasteiger partial charge in [-0.25, -0.2) is 0 Å². The molecule has 0 aliphatic heterocycles. The molecule has 96 valence electrons. The van der Waals surface area contributed by atoms with Gasteiger partial charge in [-0.1, -0.05) is 13.8 Å². The van der Waals surface area contributed by atoms with E-state index in [1.54, 1.807) is 11.3 Å². The number of thiophene rings is 1. The average molecular weight is 317 g/mol. The lowest BCUT2D eigenvalue weighted by Gasteiger charge is -2.35. The second kappa shape index (κ2) is 5.85. The van der Waals surface area contributed by atoms with Gasteiger partial charge < -0.3 is 5.11 Å². The molecule has 0 spiro atoms. The summed E-state index contributed by atoms with van der Waals surface area (Å²) in [4.78, 5) is 1.39. The van der Waals surface area contributed by atoms with Crippen LogP contribution in [0.25, 0.3) is 0 Å². The number of aliphatic hydroxyl groups is 1. The Bertz CT molecular complexity index is 361. The van der Waals surface area contributed by atoms with Crippen molar-refractivity contribution < 1.29 is 5.11 Å². The van der Waals surface area contributed by atoms with E-state index in [9.17, 15) is 5.11 Å². The molecule has 2 rings (SSSR count). The van der Waals surface area contributed by atoms with E-state index in [0.29, 0.717) is 5.92 Å². The van der Waals surface area contributed by atoms with Crippen LogP contribution < -0.4 is 0 Å². The van der Waals surface area contributed by atoms with Crippen LogP contribution in [-0.2, 0) is 6.42 Å². The van der Waals surface area contributed by atoms with E-state index < -0.39 is 0 Å². The first-order valence-electron chi connectivity index (χ1n) is 6.48. The minimum absolute atomic E-state index is 0.0918. The quantitative estimate of drug-likeness (QED) is 0.871. The maximum atomic E-state index is 10.1. The summed E-state index contributed by atoms with van der Waals surface area (Å²) in [7, 11) is 0. The van der Waals surface area contributed by atoms with Gasteiger partial charge in [-0.15, -0.1) is 11.3 Å². The predicted octanol–water partition coefficient (Wildman–Crippen LogP) is 4.49. The SMILES string of the molecule is CC(C)C1CCC(O)C(Cc2ccc(Br)s2)C1. The first kappa shape index (κ1) is 13.6. The molecule has 3 unspecified atom stereocenters. The fraction of sp³-hybridized carbons (Fsp3) is 0.714. The van der Waals surface area contributed by atoms with Gasteiger partial charge in [-0.2, -0.15) is 0 Å². The molecule has 1 aliphatic rings. The van der Waals surface area contributed by atoms with Gasteiger partial charge in [0.2, 0.25) is 0 Å². The number of aliphatic hydroxyl groups excluding tert-OH is 1. The molecular weight excluding hydrogens is 296 g/mol. The molecule has 1 nitrogen and oxygen atoms in total. The Morgan fingerprint density at radius 3 is 2.76 bits per heavy atom. The van der Waals surface area contributed by atoms with E-state index >= 15 is 0 Å². The van der Waals surface area contributed by atoms with Crippen LogP contribution in [0.15, 0.2) is 15.9 Å². The van der Waals surface area contributed by atoms with Crippen LogP contribution in [0.3, 0.4) is 0 Å². The maximum Gasteiger partial charge on any atom is 0.0701 e. The first-order valence-corrected chi connectivity index (χ1v) is 8.09. The maximum absolute atomic E-state index is 10.1. The van der Waals surface area contributed by atoms with E-state index in [1.165, 1.54) is 21.5 Å². The standard InChI is InChI=1S/C14H21BrOS/c1-9(2)10-3-5-13(16)11(7-10)8-12-4-6-14(15)17-12/h4,6,9-11,13,16H,3,5,7-8H2,1-2H3. The highest BCUT2D eigenvalue weighted by Gasteiger charge is 2.30. The van der Waals surface area contributed by atoms with Crippen molar-refractivity contribution in [1.82, 2.24) is 0 Å². The summed E-state index contributed by atoms with van der Waals surface area (Å²) in [5.74, 6) is 2.01. The average Bonchev–Trinajstić information content (AvgIpc) is 2.67. The summed E-state index contributed by atoms with van der Waals surface area (Å²) in [6.45, 7) is 4.61. The Kier molecular flexibility index (Phi) is 4.67. The van der Waals surface area contributed by atoms with Crippen molar-refractivity contribution in [3.05, 3.63) is 20.8 Å². The van der Waals surface area contributed by atoms with Gasteiger partial charge in [-0.3, -0.25) is 0 Å². The summed E-state index contributed by atoms with van der Waals surface area (Å²) < 4.78 is 1.19. The van der Waals surface area contributed by atoms with Crippen molar-refractivity contribution in [2.24, 2.45) is 17.8 Å². The van der Waals surface area contributed by atoms with Crippen LogP contribution in [0.2, 0.25) is 0 Å². The smallest absolute Gasteiger partial charge is 0.0701 e. The molecule has 3 atom stereocenters. The monoisotopic (exact) mass is 316 g/mol. The lowest BCUT2D eigenvalue weighted by Crippen LogP contribution is -2.32. The van der Waals surface area contributed by atoms with E-state index in [0.717, 1.165) is 24.7 Å². The number of hydrogen-bond donors (Lipinski definition) is 1. The largest absolute Gasteiger partial charge is 0.393 e. The third kappa shape index (κ3) is 3.55. The van der Waals surface area contributed by atoms with Gasteiger partial charge in [0.25, 0.3) is 0 Å². The molecule has 1 saturated carbocycles. The Morgan fingerprint density at radius 2 is 2.18 bits per heavy atom. The summed E-state index contributed by atoms with van der Waals surface area (Å²) in [5.41, 5.74) is 0. The normalized spacial score (nSPS) is 29.8. The van der Waals surface area contributed by atoms with E-state index in [2.05, 4.69) is 41.9 Å². The molecule has 1 aromatic heterocycles. The van der Waals surface area contributed by atoms with Crippen molar-refractivity contribution in [3.8, 4) is 0 Å². The second-order valence-corrected chi connectivity index (χ2v) is 8.10. The van der Waals surface area contributed by atoms with Gasteiger partial charge in [0.15, 0.2) is 0 Å². The summed E-state index contributed by atoms with van der Waals surface area (Å²) >= 11 is 5.30. The zero-order valence-corrected chi connectivity index (χ0v) is 12.9. The highest BCUT2D eigenvalue weighted by atomic mass is 79.9. The van der Waals surface area contributed by atoms with Gasteiger partial charge >= 0.3 is 0 Å². The minimum Gasteiger partial charge on any atom is -0.393 e. The van der Waals surface area contributed by atoms with Crippen molar-refractivity contribution in [2.45, 2.75) is 45.6 Å². The van der Waals surface area contributed by atoms with E-state index in [1.807, 2.05) is 0 Å². The second-order valence-electron chi connectivity index (χ2n) is 5.55. The zero-order valence-electron chi connectivity index (χ0n) is 10.5. The Balaban J connectivity index is 1.98. The third-order valence-corrected chi connectivity index (χ3v) is 5.66. The summed E-state index contributed by atoms with van der Waals surface area (Å²) in [6.07, 6.45) is 4.32. The summed E-state index contributed by atoms with van der Waals surface area (Å²) in [5, 5.41) is 10.1. The van der Waals surface area contributed by atoms with Gasteiger partial charge in [0.05, 0.1) is 9.89 Å². The van der Waals surface area contributed by atoms with Crippen molar-refractivity contribution in [3.63, 3.8) is 0 Å². The molecule has 1 aliphatic carbocycles. The van der Waals surface area contributed by atoms with Crippen molar-refractivity contribution in [1.29, 1.82) is 0 Å². The van der Waals surface area contributed by atoms with Crippen LogP contribution in [0.4, 0.5) is 0 Å². The number of hydrogen-bond acceptors (Lipinski definition) is 2. The van der Waals surface area contributed by atoms with Crippen LogP contribution >= 0.6 is 27.3 Å². The molecule has 1 heterocycles. The predicted molar refractivity (Wildman–Crippen MR) is 77.4 cm³/mol. The molecule has 1 fully saturated rings. The zero-order chi connectivity index (χ0) is 12.4. The fourth-order valence-electron chi connectivity index (χ4n) is 2.83. The Morgan fingerprint density at radius 1 is 1.41 bits per heavy atom. The van der Waals surface area contributed by atoms with E-state index in [-0.39, 0.29) is 6.10 Å². The topological polar surface area (TPSA) is 20.2 Å². The van der Waals surface area contributed by atoms with Crippen molar-refractivity contribution >= 4 is 27.3 Å². The van der Waals surface area contributed by atoms with Gasteiger partial charge in [-0.05, 0) is 71.5 Å². The molecule has 1 aromatic rings. The molecule has 3 heteroatoms. The van der Waals surface area contributed by atoms with Crippen LogP contribution in [0.5, 0.6) is 0 Å². The molecular formula is C14H21BrOS. The molecule has 1 N–H and O–H groups in total. The number of rotatable bonds is 3. The Labute approximate surface area is 116 Å². The van der Waals surface area contributed by atoms with Crippen LogP contribution in [0, 0.1) is 17.8 Å². The summed E-state index contributed by atoms with van der Waals surface area (Å²) in [6, 6.07) is 4.29. The molecule has 0 amide bonds. The first-order chi connectivity index (χ1) is 8.06. The van der Waals surface area contributed by atoms with Crippen molar-refractivity contribution in [2.75, 3.05) is 0 Å². The highest BCUT2D eigenvalue weighted by Crippen LogP contribution is 2.37. The third-order valence-electron chi connectivity index (χ3n) is 4.02.